The van der Waals surface area contributed by atoms with E-state index in [0.29, 0.717) is 24.5 Å². The zero-order valence-corrected chi connectivity index (χ0v) is 22.2. The summed E-state index contributed by atoms with van der Waals surface area (Å²) in [6.45, 7) is 9.37. The number of nitrogens with zero attached hydrogens (tertiary/aromatic N) is 2. The molecule has 2 rings (SSSR count). The van der Waals surface area contributed by atoms with Crippen LogP contribution in [0.1, 0.15) is 62.9 Å². The van der Waals surface area contributed by atoms with Crippen LogP contribution < -0.4 is 15.3 Å². The van der Waals surface area contributed by atoms with Crippen LogP contribution in [0, 0.1) is 0 Å². The Bertz CT molecular complexity index is 881. The van der Waals surface area contributed by atoms with Gasteiger partial charge in [-0.15, -0.1) is 12.4 Å². The van der Waals surface area contributed by atoms with Crippen molar-refractivity contribution in [2.75, 3.05) is 13.2 Å². The number of carbonyl (C=O) groups excluding carboxylic acids is 1. The number of nitrogens with two attached hydrogens (primary N) is 1. The van der Waals surface area contributed by atoms with E-state index in [-0.39, 0.29) is 30.4 Å². The van der Waals surface area contributed by atoms with Crippen molar-refractivity contribution in [2.45, 2.75) is 59.0 Å². The van der Waals surface area contributed by atoms with Crippen LogP contribution in [0.3, 0.4) is 0 Å². The average Bonchev–Trinajstić information content (AvgIpc) is 2.75. The largest absolute Gasteiger partial charge is 0.494 e. The normalized spacial score (nSPS) is 11.0. The molecule has 0 spiro atoms. The molecule has 0 aliphatic heterocycles. The number of unbranched alkanes of at least 4 members (excludes halogenated alkanes) is 2. The maximum atomic E-state index is 13.0. The summed E-state index contributed by atoms with van der Waals surface area (Å²) in [5.41, 5.74) is 1.57. The molecule has 0 saturated heterocycles. The van der Waals surface area contributed by atoms with Crippen LogP contribution in [0.15, 0.2) is 52.0 Å². The van der Waals surface area contributed by atoms with E-state index in [2.05, 4.69) is 21.0 Å². The number of ether oxygens (including phenoxy) is 2. The Balaban J connectivity index is 0.00000544. The number of hydrogen-bond donors (Lipinski definition) is 1. The van der Waals surface area contributed by atoms with Crippen molar-refractivity contribution in [2.24, 2.45) is 10.9 Å². The van der Waals surface area contributed by atoms with Gasteiger partial charge in [0.05, 0.1) is 25.0 Å². The van der Waals surface area contributed by atoms with Crippen LogP contribution in [-0.4, -0.2) is 42.3 Å². The maximum Gasteiger partial charge on any atom is 0.255 e. The first-order chi connectivity index (χ1) is 15.3. The highest BCUT2D eigenvalue weighted by atomic mass is 79.9. The molecule has 0 radical (unpaired) electrons. The summed E-state index contributed by atoms with van der Waals surface area (Å²) in [4.78, 5) is 14.9. The van der Waals surface area contributed by atoms with Gasteiger partial charge in [0.1, 0.15) is 11.5 Å². The Kier molecular flexibility index (Phi) is 12.9. The van der Waals surface area contributed by atoms with Crippen molar-refractivity contribution in [1.29, 1.82) is 0 Å². The molecule has 0 saturated carbocycles. The Morgan fingerprint density at radius 3 is 2.06 bits per heavy atom. The van der Waals surface area contributed by atoms with Gasteiger partial charge in [-0.25, -0.2) is 0 Å². The number of hydrogen-bond acceptors (Lipinski definition) is 5. The first kappa shape index (κ1) is 28.8. The van der Waals surface area contributed by atoms with Crippen LogP contribution in [0.2, 0.25) is 0 Å². The number of amides is 1. The predicted octanol–water partition coefficient (Wildman–Crippen LogP) is 6.05. The highest BCUT2D eigenvalue weighted by Gasteiger charge is 2.23. The van der Waals surface area contributed by atoms with Gasteiger partial charge in [0, 0.05) is 16.6 Å². The second kappa shape index (κ2) is 14.8. The number of hydrazone groups is 1. The van der Waals surface area contributed by atoms with Crippen LogP contribution >= 0.6 is 28.3 Å². The molecule has 0 fully saturated rings. The Morgan fingerprint density at radius 2 is 1.52 bits per heavy atom. The van der Waals surface area contributed by atoms with Crippen LogP contribution in [-0.2, 0) is 0 Å². The molecular formula is C25H35BrClN3O3. The van der Waals surface area contributed by atoms with Crippen molar-refractivity contribution in [3.8, 4) is 11.5 Å². The minimum Gasteiger partial charge on any atom is -0.494 e. The molecule has 0 unspecified atom stereocenters. The predicted molar refractivity (Wildman–Crippen MR) is 141 cm³/mol. The molecule has 0 atom stereocenters. The molecule has 0 bridgehead atoms. The van der Waals surface area contributed by atoms with Crippen molar-refractivity contribution in [3.63, 3.8) is 0 Å². The zero-order chi connectivity index (χ0) is 23.5. The van der Waals surface area contributed by atoms with E-state index in [1.54, 1.807) is 6.21 Å². The third-order valence-corrected chi connectivity index (χ3v) is 5.64. The van der Waals surface area contributed by atoms with E-state index in [0.717, 1.165) is 35.0 Å². The monoisotopic (exact) mass is 539 g/mol. The van der Waals surface area contributed by atoms with Gasteiger partial charge < -0.3 is 20.2 Å². The Hall–Kier alpha value is -2.25. The molecule has 33 heavy (non-hydrogen) atoms. The summed E-state index contributed by atoms with van der Waals surface area (Å²) in [5.74, 6) is 6.69. The van der Waals surface area contributed by atoms with Crippen LogP contribution in [0.25, 0.3) is 0 Å². The maximum absolute atomic E-state index is 13.0. The van der Waals surface area contributed by atoms with Crippen molar-refractivity contribution in [1.82, 2.24) is 4.90 Å². The fourth-order valence-electron chi connectivity index (χ4n) is 3.46. The third kappa shape index (κ3) is 9.26. The molecular weight excluding hydrogens is 506 g/mol. The molecule has 2 aromatic rings. The number of benzene rings is 2. The van der Waals surface area contributed by atoms with Gasteiger partial charge in [-0.05, 0) is 111 Å². The van der Waals surface area contributed by atoms with Gasteiger partial charge in [0.15, 0.2) is 0 Å². The van der Waals surface area contributed by atoms with E-state index in [1.807, 2.05) is 75.1 Å². The lowest BCUT2D eigenvalue weighted by Gasteiger charge is -2.31. The summed E-state index contributed by atoms with van der Waals surface area (Å²) in [6, 6.07) is 13.5. The lowest BCUT2D eigenvalue weighted by Crippen LogP contribution is -2.42. The van der Waals surface area contributed by atoms with Gasteiger partial charge in [-0.3, -0.25) is 4.79 Å². The smallest absolute Gasteiger partial charge is 0.255 e. The highest BCUT2D eigenvalue weighted by Crippen LogP contribution is 2.26. The standard InChI is InChI=1S/C25H34BrN3O3.ClH/c1-18(2)29(19(3)4)25(30)23-16-22(12-13-24(23)26)32-15-7-5-6-14-31-21-10-8-20(9-11-21)17-28-27;/h8-13,16-19H,5-7,14-15,27H2,1-4H3;1H. The van der Waals surface area contributed by atoms with E-state index >= 15 is 0 Å². The zero-order valence-electron chi connectivity index (χ0n) is 19.8. The number of halogens is 2. The van der Waals surface area contributed by atoms with Gasteiger partial charge >= 0.3 is 0 Å². The molecule has 1 amide bonds. The van der Waals surface area contributed by atoms with Gasteiger partial charge in [-0.2, -0.15) is 5.10 Å². The summed E-state index contributed by atoms with van der Waals surface area (Å²) < 4.78 is 12.4. The quantitative estimate of drug-likeness (QED) is 0.154. The lowest BCUT2D eigenvalue weighted by atomic mass is 10.1. The van der Waals surface area contributed by atoms with E-state index in [1.165, 1.54) is 0 Å². The van der Waals surface area contributed by atoms with Crippen molar-refractivity contribution in [3.05, 3.63) is 58.1 Å². The first-order valence-electron chi connectivity index (χ1n) is 11.0. The van der Waals surface area contributed by atoms with E-state index < -0.39 is 0 Å². The molecule has 6 nitrogen and oxygen atoms in total. The van der Waals surface area contributed by atoms with Crippen LogP contribution in [0.4, 0.5) is 0 Å². The topological polar surface area (TPSA) is 77.2 Å². The lowest BCUT2D eigenvalue weighted by molar-refractivity contribution is 0.0642. The Morgan fingerprint density at radius 1 is 0.970 bits per heavy atom. The molecule has 2 N–H and O–H groups in total. The van der Waals surface area contributed by atoms with E-state index in [4.69, 9.17) is 15.3 Å². The van der Waals surface area contributed by atoms with Gasteiger partial charge in [-0.1, -0.05) is 0 Å². The minimum atomic E-state index is 0. The second-order valence-electron chi connectivity index (χ2n) is 8.15. The fourth-order valence-corrected chi connectivity index (χ4v) is 3.88. The molecule has 2 aromatic carbocycles. The van der Waals surface area contributed by atoms with Gasteiger partial charge in [0.25, 0.3) is 5.91 Å². The molecule has 8 heteroatoms. The van der Waals surface area contributed by atoms with Crippen molar-refractivity contribution >= 4 is 40.5 Å². The SMILES string of the molecule is CC(C)N(C(=O)c1cc(OCCCCCOc2ccc(C=NN)cc2)ccc1Br)C(C)C.Cl. The van der Waals surface area contributed by atoms with Crippen molar-refractivity contribution < 1.29 is 14.3 Å². The fraction of sp³-hybridized carbons (Fsp3) is 0.440. The summed E-state index contributed by atoms with van der Waals surface area (Å²) in [7, 11) is 0. The van der Waals surface area contributed by atoms with E-state index in [9.17, 15) is 4.79 Å². The molecule has 0 aromatic heterocycles. The van der Waals surface area contributed by atoms with Crippen LogP contribution in [0.5, 0.6) is 11.5 Å². The molecule has 0 aliphatic carbocycles. The second-order valence-corrected chi connectivity index (χ2v) is 9.00. The van der Waals surface area contributed by atoms with Gasteiger partial charge in [0.2, 0.25) is 0 Å². The molecule has 0 heterocycles. The summed E-state index contributed by atoms with van der Waals surface area (Å²) >= 11 is 3.51. The highest BCUT2D eigenvalue weighted by molar-refractivity contribution is 9.10. The number of carbonyl (C=O) groups is 1. The third-order valence-electron chi connectivity index (χ3n) is 4.95. The molecule has 182 valence electrons. The number of rotatable bonds is 12. The summed E-state index contributed by atoms with van der Waals surface area (Å²) in [5, 5.41) is 3.50. The Labute approximate surface area is 212 Å². The molecule has 0 aliphatic rings. The first-order valence-corrected chi connectivity index (χ1v) is 11.8. The minimum absolute atomic E-state index is 0. The average molecular weight is 541 g/mol. The summed E-state index contributed by atoms with van der Waals surface area (Å²) in [6.07, 6.45) is 4.45.